The van der Waals surface area contributed by atoms with Crippen LogP contribution in [-0.2, 0) is 10.1 Å². The molecule has 0 amide bonds. The predicted octanol–water partition coefficient (Wildman–Crippen LogP) is 3.21. The normalized spacial score (nSPS) is 11.7. The van der Waals surface area contributed by atoms with E-state index in [1.165, 1.54) is 18.2 Å². The highest BCUT2D eigenvalue weighted by molar-refractivity contribution is 7.87. The molecule has 0 aliphatic carbocycles. The fraction of sp³-hybridized carbons (Fsp3) is 0.133. The molecule has 0 saturated heterocycles. The Bertz CT molecular complexity index is 895. The Labute approximate surface area is 122 Å². The molecule has 1 aromatic heterocycles. The summed E-state index contributed by atoms with van der Waals surface area (Å²) in [5.41, 5.74) is 2.13. The Hall–Kier alpha value is -2.34. The van der Waals surface area contributed by atoms with Crippen molar-refractivity contribution in [2.45, 2.75) is 18.7 Å². The lowest BCUT2D eigenvalue weighted by Gasteiger charge is -2.06. The third-order valence-corrected chi connectivity index (χ3v) is 4.24. The Morgan fingerprint density at radius 2 is 1.76 bits per heavy atom. The molecular weight excluding hydrogens is 290 g/mol. The molecule has 5 nitrogen and oxygen atoms in total. The van der Waals surface area contributed by atoms with Crippen LogP contribution in [0.5, 0.6) is 5.75 Å². The first-order chi connectivity index (χ1) is 9.94. The summed E-state index contributed by atoms with van der Waals surface area (Å²) in [6.07, 6.45) is 0. The van der Waals surface area contributed by atoms with Gasteiger partial charge in [-0.05, 0) is 31.2 Å². The number of oxazole rings is 1. The monoisotopic (exact) mass is 303 g/mol. The second-order valence-electron chi connectivity index (χ2n) is 4.71. The van der Waals surface area contributed by atoms with Gasteiger partial charge in [0.1, 0.15) is 16.2 Å². The molecule has 0 N–H and O–H groups in total. The predicted molar refractivity (Wildman–Crippen MR) is 77.7 cm³/mol. The van der Waals surface area contributed by atoms with Crippen LogP contribution in [0.1, 0.15) is 11.5 Å². The van der Waals surface area contributed by atoms with Crippen molar-refractivity contribution < 1.29 is 17.0 Å². The van der Waals surface area contributed by atoms with E-state index in [1.807, 2.05) is 6.92 Å². The number of aryl methyl sites for hydroxylation is 2. The molecule has 0 aliphatic rings. The molecule has 0 radical (unpaired) electrons. The number of benzene rings is 2. The molecule has 0 fully saturated rings. The highest BCUT2D eigenvalue weighted by Gasteiger charge is 2.17. The van der Waals surface area contributed by atoms with Crippen molar-refractivity contribution in [3.63, 3.8) is 0 Å². The summed E-state index contributed by atoms with van der Waals surface area (Å²) >= 11 is 0. The molecule has 21 heavy (non-hydrogen) atoms. The van der Waals surface area contributed by atoms with E-state index in [9.17, 15) is 8.42 Å². The summed E-state index contributed by atoms with van der Waals surface area (Å²) in [6, 6.07) is 11.2. The first-order valence-corrected chi connectivity index (χ1v) is 7.73. The van der Waals surface area contributed by atoms with Crippen molar-refractivity contribution in [2.24, 2.45) is 0 Å². The van der Waals surface area contributed by atoms with Crippen LogP contribution in [0.3, 0.4) is 0 Å². The van der Waals surface area contributed by atoms with Gasteiger partial charge in [-0.2, -0.15) is 8.42 Å². The molecule has 1 heterocycles. The molecule has 0 bridgehead atoms. The lowest BCUT2D eigenvalue weighted by Crippen LogP contribution is -2.09. The van der Waals surface area contributed by atoms with Gasteiger partial charge in [0.05, 0.1) is 0 Å². The van der Waals surface area contributed by atoms with Gasteiger partial charge in [-0.25, -0.2) is 4.98 Å². The van der Waals surface area contributed by atoms with Gasteiger partial charge in [0.15, 0.2) is 11.5 Å². The number of nitrogens with zero attached hydrogens (tertiary/aromatic N) is 1. The average molecular weight is 303 g/mol. The summed E-state index contributed by atoms with van der Waals surface area (Å²) in [5, 5.41) is 0. The van der Waals surface area contributed by atoms with Crippen LogP contribution in [0.15, 0.2) is 51.8 Å². The van der Waals surface area contributed by atoms with Crippen LogP contribution in [0.4, 0.5) is 0 Å². The summed E-state index contributed by atoms with van der Waals surface area (Å²) in [5.74, 6) is 0.722. The molecule has 6 heteroatoms. The second-order valence-corrected chi connectivity index (χ2v) is 6.26. The largest absolute Gasteiger partial charge is 0.441 e. The van der Waals surface area contributed by atoms with Crippen molar-refractivity contribution in [1.29, 1.82) is 0 Å². The molecule has 0 atom stereocenters. The standard InChI is InChI=1S/C15H13NO4S/c1-10-3-6-13(7-4-10)21(17,18)20-12-5-8-15-14(9-12)16-11(2)19-15/h3-9H,1-2H3. The van der Waals surface area contributed by atoms with Gasteiger partial charge in [-0.3, -0.25) is 0 Å². The smallest absolute Gasteiger partial charge is 0.339 e. The minimum atomic E-state index is -3.85. The molecule has 108 valence electrons. The Balaban J connectivity index is 1.94. The van der Waals surface area contributed by atoms with E-state index in [-0.39, 0.29) is 10.6 Å². The maximum absolute atomic E-state index is 12.2. The van der Waals surface area contributed by atoms with E-state index in [1.54, 1.807) is 31.2 Å². The minimum absolute atomic E-state index is 0.115. The third-order valence-electron chi connectivity index (χ3n) is 2.98. The first kappa shape index (κ1) is 13.6. The van der Waals surface area contributed by atoms with Crippen LogP contribution in [0.25, 0.3) is 11.1 Å². The van der Waals surface area contributed by atoms with Crippen LogP contribution >= 0.6 is 0 Å². The van der Waals surface area contributed by atoms with Crippen LogP contribution < -0.4 is 4.18 Å². The van der Waals surface area contributed by atoms with Crippen molar-refractivity contribution in [3.8, 4) is 5.75 Å². The summed E-state index contributed by atoms with van der Waals surface area (Å²) in [4.78, 5) is 4.26. The fourth-order valence-electron chi connectivity index (χ4n) is 1.95. The SMILES string of the molecule is Cc1ccc(S(=O)(=O)Oc2ccc3oc(C)nc3c2)cc1. The number of aromatic nitrogens is 1. The Kier molecular flexibility index (Phi) is 3.17. The molecule has 3 rings (SSSR count). The molecular formula is C15H13NO4S. The van der Waals surface area contributed by atoms with Gasteiger partial charge in [0.2, 0.25) is 0 Å². The van der Waals surface area contributed by atoms with E-state index in [0.29, 0.717) is 17.0 Å². The third kappa shape index (κ3) is 2.75. The van der Waals surface area contributed by atoms with Crippen molar-refractivity contribution in [3.05, 3.63) is 53.9 Å². The molecule has 0 aliphatic heterocycles. The van der Waals surface area contributed by atoms with Gasteiger partial charge in [-0.1, -0.05) is 17.7 Å². The van der Waals surface area contributed by atoms with Crippen molar-refractivity contribution in [1.82, 2.24) is 4.98 Å². The highest BCUT2D eigenvalue weighted by Crippen LogP contribution is 2.24. The minimum Gasteiger partial charge on any atom is -0.441 e. The van der Waals surface area contributed by atoms with E-state index in [2.05, 4.69) is 4.98 Å². The lowest BCUT2D eigenvalue weighted by molar-refractivity contribution is 0.486. The quantitative estimate of drug-likeness (QED) is 0.695. The lowest BCUT2D eigenvalue weighted by atomic mass is 10.2. The van der Waals surface area contributed by atoms with Gasteiger partial charge in [-0.15, -0.1) is 0 Å². The summed E-state index contributed by atoms with van der Waals surface area (Å²) < 4.78 is 34.8. The Morgan fingerprint density at radius 3 is 2.48 bits per heavy atom. The molecule has 2 aromatic carbocycles. The number of fused-ring (bicyclic) bond motifs is 1. The maximum Gasteiger partial charge on any atom is 0.339 e. The summed E-state index contributed by atoms with van der Waals surface area (Å²) in [7, 11) is -3.85. The van der Waals surface area contributed by atoms with Crippen LogP contribution in [0.2, 0.25) is 0 Å². The van der Waals surface area contributed by atoms with E-state index < -0.39 is 10.1 Å². The van der Waals surface area contributed by atoms with Crippen LogP contribution in [0, 0.1) is 13.8 Å². The molecule has 3 aromatic rings. The van der Waals surface area contributed by atoms with E-state index >= 15 is 0 Å². The second kappa shape index (κ2) is 4.89. The van der Waals surface area contributed by atoms with Crippen molar-refractivity contribution >= 4 is 21.2 Å². The maximum atomic E-state index is 12.2. The topological polar surface area (TPSA) is 69.4 Å². The zero-order valence-corrected chi connectivity index (χ0v) is 12.3. The van der Waals surface area contributed by atoms with Gasteiger partial charge in [0, 0.05) is 13.0 Å². The van der Waals surface area contributed by atoms with E-state index in [4.69, 9.17) is 8.60 Å². The molecule has 0 spiro atoms. The number of hydrogen-bond donors (Lipinski definition) is 0. The first-order valence-electron chi connectivity index (χ1n) is 6.32. The molecule has 0 saturated carbocycles. The number of rotatable bonds is 3. The van der Waals surface area contributed by atoms with Gasteiger partial charge >= 0.3 is 10.1 Å². The average Bonchev–Trinajstić information content (AvgIpc) is 2.78. The van der Waals surface area contributed by atoms with Crippen LogP contribution in [-0.4, -0.2) is 13.4 Å². The highest BCUT2D eigenvalue weighted by atomic mass is 32.2. The zero-order valence-electron chi connectivity index (χ0n) is 11.5. The zero-order chi connectivity index (χ0) is 15.0. The van der Waals surface area contributed by atoms with E-state index in [0.717, 1.165) is 5.56 Å². The van der Waals surface area contributed by atoms with Gasteiger partial charge < -0.3 is 8.60 Å². The summed E-state index contributed by atoms with van der Waals surface area (Å²) in [6.45, 7) is 3.61. The fourth-order valence-corrected chi connectivity index (χ4v) is 2.88. The number of hydrogen-bond acceptors (Lipinski definition) is 5. The molecule has 0 unspecified atom stereocenters. The van der Waals surface area contributed by atoms with Gasteiger partial charge in [0.25, 0.3) is 0 Å². The van der Waals surface area contributed by atoms with Crippen molar-refractivity contribution in [2.75, 3.05) is 0 Å². The Morgan fingerprint density at radius 1 is 1.05 bits per heavy atom.